The second kappa shape index (κ2) is 7.42. The second-order valence-corrected chi connectivity index (χ2v) is 6.44. The van der Waals surface area contributed by atoms with Gasteiger partial charge in [0.2, 0.25) is 0 Å². The van der Waals surface area contributed by atoms with E-state index < -0.39 is 5.97 Å². The fourth-order valence-electron chi connectivity index (χ4n) is 1.87. The third-order valence-corrected chi connectivity index (χ3v) is 4.72. The molecule has 2 aromatic rings. The number of carbonyl (C=O) groups excluding carboxylic acids is 1. The molecule has 0 saturated heterocycles. The topological polar surface area (TPSA) is 79.3 Å². The predicted octanol–water partition coefficient (Wildman–Crippen LogP) is 2.84. The van der Waals surface area contributed by atoms with Crippen molar-refractivity contribution in [2.75, 3.05) is 12.8 Å². The molecule has 1 aromatic heterocycles. The Bertz CT molecular complexity index is 698. The second-order valence-electron chi connectivity index (χ2n) is 4.62. The van der Waals surface area contributed by atoms with E-state index in [1.54, 1.807) is 11.8 Å². The number of hydrogen-bond donors (Lipinski definition) is 2. The number of thioether (sulfide) groups is 1. The lowest BCUT2D eigenvalue weighted by atomic mass is 10.1. The number of amides is 1. The molecule has 7 heteroatoms. The number of carbonyl (C=O) groups is 2. The number of aromatic nitrogens is 1. The van der Waals surface area contributed by atoms with Crippen LogP contribution in [0, 0.1) is 6.92 Å². The number of carboxylic acid groups (broad SMARTS) is 1. The number of aromatic carboxylic acids is 1. The van der Waals surface area contributed by atoms with E-state index in [0.29, 0.717) is 23.5 Å². The molecule has 2 N–H and O–H groups in total. The largest absolute Gasteiger partial charge is 0.476 e. The maximum Gasteiger partial charge on any atom is 0.355 e. The molecule has 5 nitrogen and oxygen atoms in total. The number of benzene rings is 1. The molecule has 2 rings (SSSR count). The summed E-state index contributed by atoms with van der Waals surface area (Å²) in [7, 11) is 0. The molecule has 0 radical (unpaired) electrons. The van der Waals surface area contributed by atoms with Crippen molar-refractivity contribution < 1.29 is 14.7 Å². The van der Waals surface area contributed by atoms with Crippen molar-refractivity contribution in [2.45, 2.75) is 18.2 Å². The Balaban J connectivity index is 1.93. The number of rotatable bonds is 6. The number of carboxylic acids is 1. The fourth-order valence-corrected chi connectivity index (χ4v) is 3.09. The predicted molar refractivity (Wildman–Crippen MR) is 88.1 cm³/mol. The lowest BCUT2D eigenvalue weighted by Crippen LogP contribution is -2.26. The van der Waals surface area contributed by atoms with E-state index in [2.05, 4.69) is 10.3 Å². The summed E-state index contributed by atoms with van der Waals surface area (Å²) in [6.07, 6.45) is 2.49. The monoisotopic (exact) mass is 336 g/mol. The minimum atomic E-state index is -1.03. The highest BCUT2D eigenvalue weighted by molar-refractivity contribution is 7.98. The van der Waals surface area contributed by atoms with Crippen molar-refractivity contribution in [1.82, 2.24) is 10.3 Å². The van der Waals surface area contributed by atoms with Gasteiger partial charge in [0.15, 0.2) is 5.69 Å². The molecular formula is C15H16N2O3S2. The normalized spacial score (nSPS) is 10.5. The van der Waals surface area contributed by atoms with Crippen molar-refractivity contribution in [3.8, 4) is 0 Å². The molecule has 22 heavy (non-hydrogen) atoms. The number of nitrogens with zero attached hydrogens (tertiary/aromatic N) is 1. The quantitative estimate of drug-likeness (QED) is 0.793. The Kier molecular flexibility index (Phi) is 5.57. The highest BCUT2D eigenvalue weighted by Gasteiger charge is 2.11. The first-order chi connectivity index (χ1) is 10.5. The van der Waals surface area contributed by atoms with Gasteiger partial charge in [-0.15, -0.1) is 23.1 Å². The Morgan fingerprint density at radius 2 is 2.18 bits per heavy atom. The van der Waals surface area contributed by atoms with Crippen LogP contribution in [0.25, 0.3) is 0 Å². The van der Waals surface area contributed by atoms with Crippen molar-refractivity contribution in [1.29, 1.82) is 0 Å². The maximum absolute atomic E-state index is 12.2. The Hall–Kier alpha value is -1.86. The van der Waals surface area contributed by atoms with Gasteiger partial charge in [-0.05, 0) is 30.9 Å². The van der Waals surface area contributed by atoms with Gasteiger partial charge in [-0.2, -0.15) is 0 Å². The molecule has 1 amide bonds. The molecule has 0 bridgehead atoms. The fraction of sp³-hybridized carbons (Fsp3) is 0.267. The number of nitrogens with one attached hydrogen (secondary N) is 1. The Morgan fingerprint density at radius 3 is 2.82 bits per heavy atom. The van der Waals surface area contributed by atoms with E-state index in [1.165, 1.54) is 16.7 Å². The first kappa shape index (κ1) is 16.5. The molecule has 0 spiro atoms. The minimum Gasteiger partial charge on any atom is -0.476 e. The van der Waals surface area contributed by atoms with E-state index >= 15 is 0 Å². The zero-order chi connectivity index (χ0) is 16.1. The van der Waals surface area contributed by atoms with Gasteiger partial charge >= 0.3 is 5.97 Å². The molecular weight excluding hydrogens is 320 g/mol. The lowest BCUT2D eigenvalue weighted by Gasteiger charge is -2.08. The van der Waals surface area contributed by atoms with Crippen LogP contribution in [0.2, 0.25) is 0 Å². The van der Waals surface area contributed by atoms with Crippen LogP contribution in [0.5, 0.6) is 0 Å². The van der Waals surface area contributed by atoms with E-state index in [-0.39, 0.29) is 11.6 Å². The Labute approximate surface area is 136 Å². The van der Waals surface area contributed by atoms with Crippen molar-refractivity contribution in [3.05, 3.63) is 45.4 Å². The van der Waals surface area contributed by atoms with Gasteiger partial charge in [-0.25, -0.2) is 9.78 Å². The highest BCUT2D eigenvalue weighted by Crippen LogP contribution is 2.19. The standard InChI is InChI=1S/C15H16N2O3S2/c1-9-3-4-10(21-2)7-11(9)14(18)16-6-5-13-17-12(8-22-13)15(19)20/h3-4,7-8H,5-6H2,1-2H3,(H,16,18)(H,19,20). The van der Waals surface area contributed by atoms with Crippen LogP contribution < -0.4 is 5.32 Å². The zero-order valence-corrected chi connectivity index (χ0v) is 13.9. The summed E-state index contributed by atoms with van der Waals surface area (Å²) in [6.45, 7) is 2.33. The molecule has 116 valence electrons. The third-order valence-electron chi connectivity index (χ3n) is 3.08. The van der Waals surface area contributed by atoms with Crippen LogP contribution in [0.15, 0.2) is 28.5 Å². The van der Waals surface area contributed by atoms with Crippen LogP contribution in [-0.2, 0) is 6.42 Å². The van der Waals surface area contributed by atoms with E-state index in [9.17, 15) is 9.59 Å². The molecule has 1 heterocycles. The van der Waals surface area contributed by atoms with Gasteiger partial charge < -0.3 is 10.4 Å². The molecule has 0 aliphatic carbocycles. The average molecular weight is 336 g/mol. The third kappa shape index (κ3) is 4.08. The Morgan fingerprint density at radius 1 is 1.41 bits per heavy atom. The van der Waals surface area contributed by atoms with Crippen molar-refractivity contribution in [3.63, 3.8) is 0 Å². The van der Waals surface area contributed by atoms with E-state index in [4.69, 9.17) is 5.11 Å². The summed E-state index contributed by atoms with van der Waals surface area (Å²) < 4.78 is 0. The van der Waals surface area contributed by atoms with Gasteiger partial charge in [-0.1, -0.05) is 6.07 Å². The smallest absolute Gasteiger partial charge is 0.355 e. The number of thiazole rings is 1. The summed E-state index contributed by atoms with van der Waals surface area (Å²) in [5, 5.41) is 13.9. The van der Waals surface area contributed by atoms with Crippen LogP contribution >= 0.6 is 23.1 Å². The summed E-state index contributed by atoms with van der Waals surface area (Å²) in [5.74, 6) is -1.15. The maximum atomic E-state index is 12.2. The van der Waals surface area contributed by atoms with Gasteiger partial charge in [0.25, 0.3) is 5.91 Å². The van der Waals surface area contributed by atoms with Crippen LogP contribution in [-0.4, -0.2) is 34.8 Å². The summed E-state index contributed by atoms with van der Waals surface area (Å²) in [5.41, 5.74) is 1.64. The molecule has 0 unspecified atom stereocenters. The van der Waals surface area contributed by atoms with E-state index in [1.807, 2.05) is 31.4 Å². The number of aryl methyl sites for hydroxylation is 1. The highest BCUT2D eigenvalue weighted by atomic mass is 32.2. The summed E-state index contributed by atoms with van der Waals surface area (Å²) in [4.78, 5) is 28.0. The molecule has 0 atom stereocenters. The van der Waals surface area contributed by atoms with Gasteiger partial charge in [0.05, 0.1) is 5.01 Å². The van der Waals surface area contributed by atoms with Crippen LogP contribution in [0.3, 0.4) is 0 Å². The van der Waals surface area contributed by atoms with Crippen LogP contribution in [0.4, 0.5) is 0 Å². The van der Waals surface area contributed by atoms with Gasteiger partial charge in [-0.3, -0.25) is 4.79 Å². The zero-order valence-electron chi connectivity index (χ0n) is 12.3. The molecule has 0 saturated carbocycles. The van der Waals surface area contributed by atoms with Gasteiger partial charge in [0, 0.05) is 28.8 Å². The van der Waals surface area contributed by atoms with Crippen LogP contribution in [0.1, 0.15) is 31.4 Å². The SMILES string of the molecule is CSc1ccc(C)c(C(=O)NCCc2nc(C(=O)O)cs2)c1. The minimum absolute atomic E-state index is 0.0508. The lowest BCUT2D eigenvalue weighted by molar-refractivity contribution is 0.0690. The molecule has 0 fully saturated rings. The first-order valence-corrected chi connectivity index (χ1v) is 8.72. The molecule has 1 aromatic carbocycles. The summed E-state index contributed by atoms with van der Waals surface area (Å²) in [6, 6.07) is 5.79. The molecule has 0 aliphatic heterocycles. The van der Waals surface area contributed by atoms with E-state index in [0.717, 1.165) is 10.5 Å². The van der Waals surface area contributed by atoms with Crippen molar-refractivity contribution >= 4 is 35.0 Å². The first-order valence-electron chi connectivity index (χ1n) is 6.62. The summed E-state index contributed by atoms with van der Waals surface area (Å²) >= 11 is 2.88. The number of hydrogen-bond acceptors (Lipinski definition) is 5. The van der Waals surface area contributed by atoms with Gasteiger partial charge in [0.1, 0.15) is 0 Å². The average Bonchev–Trinajstić information content (AvgIpc) is 2.96. The molecule has 0 aliphatic rings. The van der Waals surface area contributed by atoms with Crippen molar-refractivity contribution in [2.24, 2.45) is 0 Å².